The van der Waals surface area contributed by atoms with E-state index in [0.29, 0.717) is 5.11 Å². The van der Waals surface area contributed by atoms with Crippen molar-refractivity contribution in [3.63, 3.8) is 0 Å². The zero-order valence-corrected chi connectivity index (χ0v) is 9.81. The Morgan fingerprint density at radius 2 is 2.29 bits per heavy atom. The maximum atomic E-state index is 5.22. The summed E-state index contributed by atoms with van der Waals surface area (Å²) >= 11 is 5.22. The number of benzene rings is 1. The average molecular weight is 242 g/mol. The molecule has 0 aliphatic carbocycles. The number of nitrogens with zero attached hydrogens (tertiary/aromatic N) is 3. The molecule has 0 amide bonds. The fourth-order valence-corrected chi connectivity index (χ4v) is 2.01. The van der Waals surface area contributed by atoms with Crippen molar-refractivity contribution in [1.29, 1.82) is 0 Å². The highest BCUT2D eigenvalue weighted by Crippen LogP contribution is 2.22. The van der Waals surface area contributed by atoms with Crippen molar-refractivity contribution >= 4 is 28.9 Å². The van der Waals surface area contributed by atoms with E-state index < -0.39 is 0 Å². The van der Waals surface area contributed by atoms with Gasteiger partial charge < -0.3 is 5.32 Å². The molecule has 1 N–H and O–H groups in total. The SMILES string of the molecule is S=C(N=C1Cc2ccccc2N1)n1ccnc1. The van der Waals surface area contributed by atoms with Gasteiger partial charge >= 0.3 is 0 Å². The second-order valence-electron chi connectivity index (χ2n) is 3.77. The van der Waals surface area contributed by atoms with Crippen molar-refractivity contribution in [2.45, 2.75) is 6.42 Å². The van der Waals surface area contributed by atoms with Crippen molar-refractivity contribution in [3.05, 3.63) is 48.5 Å². The van der Waals surface area contributed by atoms with E-state index in [1.54, 1.807) is 23.3 Å². The average Bonchev–Trinajstić information content (AvgIpc) is 2.97. The quantitative estimate of drug-likeness (QED) is 0.719. The molecule has 5 heteroatoms. The fourth-order valence-electron chi connectivity index (χ4n) is 1.79. The predicted molar refractivity (Wildman–Crippen MR) is 71.4 cm³/mol. The molecule has 1 aliphatic heterocycles. The Bertz CT molecular complexity index is 559. The number of amidine groups is 1. The molecule has 4 nitrogen and oxygen atoms in total. The van der Waals surface area contributed by atoms with Crippen molar-refractivity contribution in [1.82, 2.24) is 9.55 Å². The highest BCUT2D eigenvalue weighted by atomic mass is 32.1. The number of aromatic nitrogens is 2. The van der Waals surface area contributed by atoms with Gasteiger partial charge in [0.2, 0.25) is 5.11 Å². The van der Waals surface area contributed by atoms with Gasteiger partial charge in [-0.15, -0.1) is 0 Å². The van der Waals surface area contributed by atoms with Crippen molar-refractivity contribution in [3.8, 4) is 0 Å². The molecule has 1 aromatic heterocycles. The normalized spacial score (nSPS) is 15.6. The Hall–Kier alpha value is -2.01. The Kier molecular flexibility index (Phi) is 2.45. The van der Waals surface area contributed by atoms with Crippen LogP contribution in [0.25, 0.3) is 0 Å². The van der Waals surface area contributed by atoms with E-state index in [1.165, 1.54) is 5.56 Å². The molecule has 84 valence electrons. The van der Waals surface area contributed by atoms with Gasteiger partial charge in [0.15, 0.2) is 0 Å². The number of para-hydroxylation sites is 1. The summed E-state index contributed by atoms with van der Waals surface area (Å²) in [7, 11) is 0. The van der Waals surface area contributed by atoms with E-state index in [9.17, 15) is 0 Å². The molecule has 2 heterocycles. The number of hydrogen-bond acceptors (Lipinski definition) is 2. The number of imidazole rings is 1. The first-order valence-electron chi connectivity index (χ1n) is 5.28. The van der Waals surface area contributed by atoms with Gasteiger partial charge in [0.1, 0.15) is 12.2 Å². The molecule has 0 spiro atoms. The first-order chi connectivity index (χ1) is 8.33. The first-order valence-corrected chi connectivity index (χ1v) is 5.68. The van der Waals surface area contributed by atoms with Gasteiger partial charge in [-0.05, 0) is 23.8 Å². The summed E-state index contributed by atoms with van der Waals surface area (Å²) < 4.78 is 1.72. The lowest BCUT2D eigenvalue weighted by Crippen LogP contribution is -2.12. The second kappa shape index (κ2) is 4.10. The van der Waals surface area contributed by atoms with Crippen LogP contribution in [0.3, 0.4) is 0 Å². The lowest BCUT2D eigenvalue weighted by atomic mass is 10.2. The van der Waals surface area contributed by atoms with Crippen molar-refractivity contribution < 1.29 is 0 Å². The molecule has 0 unspecified atom stereocenters. The third-order valence-electron chi connectivity index (χ3n) is 2.61. The van der Waals surface area contributed by atoms with Crippen LogP contribution in [0, 0.1) is 0 Å². The summed E-state index contributed by atoms with van der Waals surface area (Å²) in [5.41, 5.74) is 2.36. The van der Waals surface area contributed by atoms with Crippen LogP contribution in [0.4, 0.5) is 5.69 Å². The molecule has 1 aliphatic rings. The molecule has 3 rings (SSSR count). The molecule has 0 fully saturated rings. The third kappa shape index (κ3) is 1.97. The van der Waals surface area contributed by atoms with E-state index in [4.69, 9.17) is 12.2 Å². The zero-order chi connectivity index (χ0) is 11.7. The number of rotatable bonds is 0. The fraction of sp³-hybridized carbons (Fsp3) is 0.0833. The number of fused-ring (bicyclic) bond motifs is 1. The van der Waals surface area contributed by atoms with Crippen LogP contribution in [0.1, 0.15) is 5.56 Å². The van der Waals surface area contributed by atoms with Gasteiger partial charge in [0, 0.05) is 24.5 Å². The number of nitrogens with one attached hydrogen (secondary N) is 1. The summed E-state index contributed by atoms with van der Waals surface area (Å²) in [6.45, 7) is 0. The molecule has 2 aromatic rings. The minimum absolute atomic E-state index is 0.498. The van der Waals surface area contributed by atoms with E-state index >= 15 is 0 Å². The summed E-state index contributed by atoms with van der Waals surface area (Å²) in [6, 6.07) is 8.16. The topological polar surface area (TPSA) is 42.2 Å². The highest BCUT2D eigenvalue weighted by molar-refractivity contribution is 7.80. The Labute approximate surface area is 104 Å². The second-order valence-corrected chi connectivity index (χ2v) is 4.14. The number of aliphatic imine (C=N–C) groups is 1. The standard InChI is InChI=1S/C12H10N4S/c17-12(16-6-5-13-8-16)15-11-7-9-3-1-2-4-10(9)14-11/h1-6,8H,7H2,(H,14,15,17). The van der Waals surface area contributed by atoms with E-state index in [2.05, 4.69) is 21.4 Å². The summed E-state index contributed by atoms with van der Waals surface area (Å²) in [4.78, 5) is 8.34. The number of anilines is 1. The van der Waals surface area contributed by atoms with Gasteiger partial charge in [-0.25, -0.2) is 9.98 Å². The van der Waals surface area contributed by atoms with Gasteiger partial charge in [0.05, 0.1) is 0 Å². The number of hydrogen-bond donors (Lipinski definition) is 1. The minimum Gasteiger partial charge on any atom is -0.343 e. The molecule has 0 saturated heterocycles. The summed E-state index contributed by atoms with van der Waals surface area (Å²) in [5, 5.41) is 3.75. The monoisotopic (exact) mass is 242 g/mol. The number of thiocarbonyl (C=S) groups is 1. The lowest BCUT2D eigenvalue weighted by molar-refractivity contribution is 1.13. The Balaban J connectivity index is 1.83. The van der Waals surface area contributed by atoms with Gasteiger partial charge in [0.25, 0.3) is 0 Å². The maximum absolute atomic E-state index is 5.22. The van der Waals surface area contributed by atoms with Crippen LogP contribution >= 0.6 is 12.2 Å². The van der Waals surface area contributed by atoms with E-state index in [0.717, 1.165) is 17.9 Å². The van der Waals surface area contributed by atoms with Gasteiger partial charge in [-0.1, -0.05) is 18.2 Å². The minimum atomic E-state index is 0.498. The largest absolute Gasteiger partial charge is 0.343 e. The molecular formula is C12H10N4S. The van der Waals surface area contributed by atoms with Crippen LogP contribution in [0.5, 0.6) is 0 Å². The molecule has 0 radical (unpaired) electrons. The molecule has 0 atom stereocenters. The van der Waals surface area contributed by atoms with E-state index in [1.807, 2.05) is 18.2 Å². The van der Waals surface area contributed by atoms with Gasteiger partial charge in [-0.2, -0.15) is 0 Å². The molecule has 1 aromatic carbocycles. The molecular weight excluding hydrogens is 232 g/mol. The van der Waals surface area contributed by atoms with Crippen LogP contribution in [0.2, 0.25) is 0 Å². The summed E-state index contributed by atoms with van der Waals surface area (Å²) in [5.74, 6) is 0.880. The maximum Gasteiger partial charge on any atom is 0.206 e. The van der Waals surface area contributed by atoms with Crippen molar-refractivity contribution in [2.24, 2.45) is 4.99 Å². The lowest BCUT2D eigenvalue weighted by Gasteiger charge is -2.00. The van der Waals surface area contributed by atoms with Crippen LogP contribution < -0.4 is 5.32 Å². The first kappa shape index (κ1) is 10.2. The zero-order valence-electron chi connectivity index (χ0n) is 9.00. The molecule has 0 bridgehead atoms. The third-order valence-corrected chi connectivity index (χ3v) is 2.91. The van der Waals surface area contributed by atoms with Gasteiger partial charge in [-0.3, -0.25) is 4.57 Å². The highest BCUT2D eigenvalue weighted by Gasteiger charge is 2.15. The Morgan fingerprint density at radius 3 is 3.06 bits per heavy atom. The summed E-state index contributed by atoms with van der Waals surface area (Å²) in [6.07, 6.45) is 5.91. The molecule has 0 saturated carbocycles. The Morgan fingerprint density at radius 1 is 1.41 bits per heavy atom. The van der Waals surface area contributed by atoms with Crippen molar-refractivity contribution in [2.75, 3.05) is 5.32 Å². The smallest absolute Gasteiger partial charge is 0.206 e. The van der Waals surface area contributed by atoms with E-state index in [-0.39, 0.29) is 0 Å². The van der Waals surface area contributed by atoms with Crippen LogP contribution in [-0.4, -0.2) is 20.5 Å². The molecule has 17 heavy (non-hydrogen) atoms. The van der Waals surface area contributed by atoms with Crippen LogP contribution in [-0.2, 0) is 6.42 Å². The predicted octanol–water partition coefficient (Wildman–Crippen LogP) is 2.08. The van der Waals surface area contributed by atoms with Crippen LogP contribution in [0.15, 0.2) is 48.0 Å².